The van der Waals surface area contributed by atoms with E-state index in [1.807, 2.05) is 30.1 Å². The van der Waals surface area contributed by atoms with Gasteiger partial charge in [-0.05, 0) is 36.1 Å². The summed E-state index contributed by atoms with van der Waals surface area (Å²) in [6.07, 6.45) is 1.92. The van der Waals surface area contributed by atoms with Crippen molar-refractivity contribution >= 4 is 11.4 Å². The van der Waals surface area contributed by atoms with Crippen LogP contribution in [0, 0.1) is 21.4 Å². The van der Waals surface area contributed by atoms with Gasteiger partial charge in [-0.3, -0.25) is 10.1 Å². The maximum absolute atomic E-state index is 11.3. The summed E-state index contributed by atoms with van der Waals surface area (Å²) in [6, 6.07) is 14.9. The zero-order valence-corrected chi connectivity index (χ0v) is 12.2. The van der Waals surface area contributed by atoms with Crippen molar-refractivity contribution in [2.75, 3.05) is 11.9 Å². The molecule has 1 unspecified atom stereocenters. The molecule has 0 fully saturated rings. The zero-order valence-electron chi connectivity index (χ0n) is 12.2. The molecule has 0 saturated carbocycles. The molecule has 0 bridgehead atoms. The molecule has 3 rings (SSSR count). The standard InChI is InChI=1S/C17H15N3O2/c1-19(15-9-7-13-4-2-3-5-14(13)15)16-8-6-12(11-18)10-17(16)20(21)22/h2-6,8,10,15H,7,9H2,1H3. The highest BCUT2D eigenvalue weighted by atomic mass is 16.6. The first-order chi connectivity index (χ1) is 10.6. The number of nitro groups is 1. The first kappa shape index (κ1) is 14.1. The Hall–Kier alpha value is -2.87. The number of rotatable bonds is 3. The van der Waals surface area contributed by atoms with Gasteiger partial charge in [0.1, 0.15) is 5.69 Å². The summed E-state index contributed by atoms with van der Waals surface area (Å²) < 4.78 is 0. The minimum absolute atomic E-state index is 0.0223. The van der Waals surface area contributed by atoms with Gasteiger partial charge in [-0.25, -0.2) is 0 Å². The summed E-state index contributed by atoms with van der Waals surface area (Å²) >= 11 is 0. The van der Waals surface area contributed by atoms with E-state index in [9.17, 15) is 10.1 Å². The third-order valence-electron chi connectivity index (χ3n) is 4.25. The van der Waals surface area contributed by atoms with Crippen LogP contribution in [-0.2, 0) is 6.42 Å². The molecule has 1 aliphatic carbocycles. The average Bonchev–Trinajstić information content (AvgIpc) is 2.97. The highest BCUT2D eigenvalue weighted by Gasteiger charge is 2.29. The monoisotopic (exact) mass is 293 g/mol. The third-order valence-corrected chi connectivity index (χ3v) is 4.25. The van der Waals surface area contributed by atoms with E-state index >= 15 is 0 Å². The molecule has 0 N–H and O–H groups in total. The predicted octanol–water partition coefficient (Wildman–Crippen LogP) is 3.59. The Balaban J connectivity index is 2.02. The molecule has 1 aliphatic rings. The fraction of sp³-hybridized carbons (Fsp3) is 0.235. The number of aryl methyl sites for hydroxylation is 1. The van der Waals surface area contributed by atoms with Crippen molar-refractivity contribution in [3.05, 3.63) is 69.3 Å². The van der Waals surface area contributed by atoms with E-state index in [1.54, 1.807) is 12.1 Å². The summed E-state index contributed by atoms with van der Waals surface area (Å²) in [4.78, 5) is 12.9. The predicted molar refractivity (Wildman–Crippen MR) is 83.7 cm³/mol. The molecule has 110 valence electrons. The van der Waals surface area contributed by atoms with Crippen LogP contribution in [-0.4, -0.2) is 12.0 Å². The molecule has 0 amide bonds. The van der Waals surface area contributed by atoms with Gasteiger partial charge < -0.3 is 4.90 Å². The zero-order chi connectivity index (χ0) is 15.7. The quantitative estimate of drug-likeness (QED) is 0.640. The Morgan fingerprint density at radius 1 is 1.32 bits per heavy atom. The summed E-state index contributed by atoms with van der Waals surface area (Å²) in [5.41, 5.74) is 3.35. The van der Waals surface area contributed by atoms with E-state index < -0.39 is 4.92 Å². The molecule has 0 aromatic heterocycles. The number of nitrogens with zero attached hydrogens (tertiary/aromatic N) is 3. The molecule has 0 radical (unpaired) electrons. The lowest BCUT2D eigenvalue weighted by atomic mass is 10.1. The van der Waals surface area contributed by atoms with Crippen molar-refractivity contribution in [1.82, 2.24) is 0 Å². The number of hydrogen-bond acceptors (Lipinski definition) is 4. The Morgan fingerprint density at radius 2 is 2.09 bits per heavy atom. The van der Waals surface area contributed by atoms with E-state index in [0.717, 1.165) is 12.8 Å². The summed E-state index contributed by atoms with van der Waals surface area (Å²) in [5, 5.41) is 20.3. The minimum atomic E-state index is -0.423. The number of hydrogen-bond donors (Lipinski definition) is 0. The fourth-order valence-corrected chi connectivity index (χ4v) is 3.14. The molecule has 1 atom stereocenters. The van der Waals surface area contributed by atoms with Gasteiger partial charge in [0.2, 0.25) is 0 Å². The van der Waals surface area contributed by atoms with Gasteiger partial charge in [0.15, 0.2) is 0 Å². The summed E-state index contributed by atoms with van der Waals surface area (Å²) in [7, 11) is 1.88. The van der Waals surface area contributed by atoms with Crippen molar-refractivity contribution < 1.29 is 4.92 Å². The molecule has 0 saturated heterocycles. The molecule has 5 nitrogen and oxygen atoms in total. The molecular weight excluding hydrogens is 278 g/mol. The molecule has 0 aliphatic heterocycles. The van der Waals surface area contributed by atoms with Crippen LogP contribution in [0.15, 0.2) is 42.5 Å². The van der Waals surface area contributed by atoms with Gasteiger partial charge in [-0.15, -0.1) is 0 Å². The Labute approximate surface area is 128 Å². The van der Waals surface area contributed by atoms with E-state index in [1.165, 1.54) is 17.2 Å². The first-order valence-corrected chi connectivity index (χ1v) is 7.11. The normalized spacial score (nSPS) is 15.9. The van der Waals surface area contributed by atoms with E-state index in [0.29, 0.717) is 11.3 Å². The molecular formula is C17H15N3O2. The van der Waals surface area contributed by atoms with Crippen LogP contribution in [0.3, 0.4) is 0 Å². The van der Waals surface area contributed by atoms with Gasteiger partial charge in [0.25, 0.3) is 5.69 Å². The van der Waals surface area contributed by atoms with Crippen LogP contribution in [0.2, 0.25) is 0 Å². The number of benzene rings is 2. The molecule has 0 heterocycles. The van der Waals surface area contributed by atoms with E-state index in [4.69, 9.17) is 5.26 Å². The maximum Gasteiger partial charge on any atom is 0.293 e. The van der Waals surface area contributed by atoms with Gasteiger partial charge in [0, 0.05) is 13.1 Å². The highest BCUT2D eigenvalue weighted by Crippen LogP contribution is 2.40. The summed E-state index contributed by atoms with van der Waals surface area (Å²) in [6.45, 7) is 0. The topological polar surface area (TPSA) is 70.2 Å². The lowest BCUT2D eigenvalue weighted by molar-refractivity contribution is -0.384. The molecule has 22 heavy (non-hydrogen) atoms. The van der Waals surface area contributed by atoms with E-state index in [2.05, 4.69) is 12.1 Å². The minimum Gasteiger partial charge on any atom is -0.362 e. The fourth-order valence-electron chi connectivity index (χ4n) is 3.14. The van der Waals surface area contributed by atoms with Gasteiger partial charge >= 0.3 is 0 Å². The van der Waals surface area contributed by atoms with Crippen molar-refractivity contribution in [2.45, 2.75) is 18.9 Å². The van der Waals surface area contributed by atoms with Crippen LogP contribution < -0.4 is 4.90 Å². The Kier molecular flexibility index (Phi) is 3.51. The lowest BCUT2D eigenvalue weighted by Gasteiger charge is -2.27. The highest BCUT2D eigenvalue weighted by molar-refractivity contribution is 5.66. The third kappa shape index (κ3) is 2.29. The van der Waals surface area contributed by atoms with Crippen molar-refractivity contribution in [1.29, 1.82) is 5.26 Å². The second-order valence-electron chi connectivity index (χ2n) is 5.44. The smallest absolute Gasteiger partial charge is 0.293 e. The van der Waals surface area contributed by atoms with Crippen molar-refractivity contribution in [3.8, 4) is 6.07 Å². The van der Waals surface area contributed by atoms with Gasteiger partial charge in [-0.2, -0.15) is 5.26 Å². The van der Waals surface area contributed by atoms with Crippen molar-refractivity contribution in [2.24, 2.45) is 0 Å². The van der Waals surface area contributed by atoms with Gasteiger partial charge in [-0.1, -0.05) is 24.3 Å². The molecule has 5 heteroatoms. The Morgan fingerprint density at radius 3 is 2.82 bits per heavy atom. The number of anilines is 1. The second-order valence-corrected chi connectivity index (χ2v) is 5.44. The SMILES string of the molecule is CN(c1ccc(C#N)cc1[N+](=O)[O-])C1CCc2ccccc21. The van der Waals surface area contributed by atoms with Crippen LogP contribution in [0.5, 0.6) is 0 Å². The number of fused-ring (bicyclic) bond motifs is 1. The van der Waals surface area contributed by atoms with Crippen LogP contribution in [0.4, 0.5) is 11.4 Å². The van der Waals surface area contributed by atoms with Gasteiger partial charge in [0.05, 0.1) is 22.6 Å². The largest absolute Gasteiger partial charge is 0.362 e. The summed E-state index contributed by atoms with van der Waals surface area (Å²) in [5.74, 6) is 0. The maximum atomic E-state index is 11.3. The second kappa shape index (κ2) is 5.49. The average molecular weight is 293 g/mol. The Bertz CT molecular complexity index is 780. The molecule has 2 aromatic rings. The van der Waals surface area contributed by atoms with E-state index in [-0.39, 0.29) is 11.7 Å². The lowest BCUT2D eigenvalue weighted by Crippen LogP contribution is -2.23. The number of nitriles is 1. The van der Waals surface area contributed by atoms with Crippen LogP contribution >= 0.6 is 0 Å². The van der Waals surface area contributed by atoms with Crippen LogP contribution in [0.25, 0.3) is 0 Å². The molecule has 2 aromatic carbocycles. The molecule has 0 spiro atoms. The number of nitro benzene ring substituents is 1. The van der Waals surface area contributed by atoms with Crippen LogP contribution in [0.1, 0.15) is 29.2 Å². The van der Waals surface area contributed by atoms with Crippen molar-refractivity contribution in [3.63, 3.8) is 0 Å². The first-order valence-electron chi connectivity index (χ1n) is 7.11.